The van der Waals surface area contributed by atoms with Gasteiger partial charge in [-0.25, -0.2) is 0 Å². The SMILES string of the molecule is Cc1c(O)c(C(=O)c2ccccc2)cc(C(=O)c2ccccc2)c1O. The van der Waals surface area contributed by atoms with Gasteiger partial charge in [0, 0.05) is 16.7 Å². The van der Waals surface area contributed by atoms with E-state index in [4.69, 9.17) is 0 Å². The summed E-state index contributed by atoms with van der Waals surface area (Å²) in [6.45, 7) is 1.47. The van der Waals surface area contributed by atoms with E-state index in [0.717, 1.165) is 0 Å². The lowest BCUT2D eigenvalue weighted by Crippen LogP contribution is -2.08. The predicted molar refractivity (Wildman–Crippen MR) is 94.3 cm³/mol. The van der Waals surface area contributed by atoms with Crippen molar-refractivity contribution in [2.75, 3.05) is 0 Å². The van der Waals surface area contributed by atoms with Gasteiger partial charge in [0.1, 0.15) is 11.5 Å². The molecular weight excluding hydrogens is 316 g/mol. The lowest BCUT2D eigenvalue weighted by Gasteiger charge is -2.13. The molecule has 3 aromatic carbocycles. The first-order chi connectivity index (χ1) is 12.0. The van der Waals surface area contributed by atoms with Crippen molar-refractivity contribution in [1.82, 2.24) is 0 Å². The van der Waals surface area contributed by atoms with E-state index in [9.17, 15) is 19.8 Å². The van der Waals surface area contributed by atoms with Gasteiger partial charge in [-0.2, -0.15) is 0 Å². The first kappa shape index (κ1) is 16.5. The number of hydrogen-bond acceptors (Lipinski definition) is 4. The summed E-state index contributed by atoms with van der Waals surface area (Å²) in [5.41, 5.74) is 0.852. The lowest BCUT2D eigenvalue weighted by atomic mass is 9.93. The van der Waals surface area contributed by atoms with Crippen LogP contribution in [0.15, 0.2) is 66.7 Å². The van der Waals surface area contributed by atoms with Crippen LogP contribution in [0.3, 0.4) is 0 Å². The summed E-state index contributed by atoms with van der Waals surface area (Å²) in [4.78, 5) is 25.4. The molecule has 4 heteroatoms. The Bertz CT molecular complexity index is 869. The van der Waals surface area contributed by atoms with Gasteiger partial charge in [0.25, 0.3) is 0 Å². The number of ketones is 2. The van der Waals surface area contributed by atoms with E-state index >= 15 is 0 Å². The van der Waals surface area contributed by atoms with Crippen molar-refractivity contribution >= 4 is 11.6 Å². The van der Waals surface area contributed by atoms with Crippen molar-refractivity contribution in [1.29, 1.82) is 0 Å². The van der Waals surface area contributed by atoms with Gasteiger partial charge in [-0.05, 0) is 13.0 Å². The van der Waals surface area contributed by atoms with Crippen molar-refractivity contribution < 1.29 is 19.8 Å². The highest BCUT2D eigenvalue weighted by atomic mass is 16.3. The number of phenolic OH excluding ortho intramolecular Hbond substituents is 2. The summed E-state index contributed by atoms with van der Waals surface area (Å²) in [7, 11) is 0. The maximum absolute atomic E-state index is 12.7. The molecule has 0 radical (unpaired) electrons. The topological polar surface area (TPSA) is 74.6 Å². The molecule has 0 aliphatic heterocycles. The summed E-state index contributed by atoms with van der Waals surface area (Å²) in [5, 5.41) is 20.6. The van der Waals surface area contributed by atoms with Crippen molar-refractivity contribution in [3.8, 4) is 11.5 Å². The molecule has 2 N–H and O–H groups in total. The normalized spacial score (nSPS) is 10.4. The second-order valence-corrected chi connectivity index (χ2v) is 5.68. The van der Waals surface area contributed by atoms with Gasteiger partial charge in [-0.1, -0.05) is 60.7 Å². The molecule has 0 amide bonds. The number of phenols is 2. The van der Waals surface area contributed by atoms with Crippen LogP contribution in [-0.4, -0.2) is 21.8 Å². The molecular formula is C21H16O4. The van der Waals surface area contributed by atoms with Gasteiger partial charge in [-0.3, -0.25) is 9.59 Å². The molecule has 3 rings (SSSR count). The maximum atomic E-state index is 12.7. The molecule has 0 aliphatic rings. The van der Waals surface area contributed by atoms with Crippen molar-refractivity contribution in [2.45, 2.75) is 6.92 Å². The third kappa shape index (κ3) is 3.02. The van der Waals surface area contributed by atoms with E-state index in [-0.39, 0.29) is 28.2 Å². The molecule has 0 unspecified atom stereocenters. The zero-order valence-corrected chi connectivity index (χ0v) is 13.6. The molecule has 0 aromatic heterocycles. The zero-order valence-electron chi connectivity index (χ0n) is 13.6. The molecule has 3 aromatic rings. The van der Waals surface area contributed by atoms with Gasteiger partial charge in [0.15, 0.2) is 11.6 Å². The summed E-state index contributed by atoms with van der Waals surface area (Å²) in [6.07, 6.45) is 0. The molecule has 0 fully saturated rings. The Kier molecular flexibility index (Phi) is 4.35. The second-order valence-electron chi connectivity index (χ2n) is 5.68. The zero-order chi connectivity index (χ0) is 18.0. The summed E-state index contributed by atoms with van der Waals surface area (Å²) in [5.74, 6) is -1.47. The molecule has 0 heterocycles. The quantitative estimate of drug-likeness (QED) is 0.711. The van der Waals surface area contributed by atoms with Gasteiger partial charge in [0.2, 0.25) is 0 Å². The standard InChI is InChI=1S/C21H16O4/c1-13-18(22)16(20(24)14-8-4-2-5-9-14)12-17(19(13)23)21(25)15-10-6-3-7-11-15/h2-12,22-23H,1H3. The first-order valence-electron chi connectivity index (χ1n) is 7.75. The van der Waals surface area contributed by atoms with Crippen LogP contribution >= 0.6 is 0 Å². The van der Waals surface area contributed by atoms with Gasteiger partial charge < -0.3 is 10.2 Å². The van der Waals surface area contributed by atoms with E-state index < -0.39 is 11.6 Å². The maximum Gasteiger partial charge on any atom is 0.196 e. The average molecular weight is 332 g/mol. The van der Waals surface area contributed by atoms with Crippen LogP contribution in [-0.2, 0) is 0 Å². The van der Waals surface area contributed by atoms with Crippen LogP contribution < -0.4 is 0 Å². The lowest BCUT2D eigenvalue weighted by molar-refractivity contribution is 0.103. The molecule has 124 valence electrons. The predicted octanol–water partition coefficient (Wildman–Crippen LogP) is 3.87. The van der Waals surface area contributed by atoms with Crippen LogP contribution in [0.5, 0.6) is 11.5 Å². The minimum atomic E-state index is -0.414. The Morgan fingerprint density at radius 2 is 1.04 bits per heavy atom. The summed E-state index contributed by atoms with van der Waals surface area (Å²) < 4.78 is 0. The van der Waals surface area contributed by atoms with Crippen LogP contribution in [0.2, 0.25) is 0 Å². The third-order valence-electron chi connectivity index (χ3n) is 4.07. The highest BCUT2D eigenvalue weighted by molar-refractivity contribution is 6.15. The van der Waals surface area contributed by atoms with Gasteiger partial charge in [-0.15, -0.1) is 0 Å². The van der Waals surface area contributed by atoms with E-state index in [0.29, 0.717) is 11.1 Å². The van der Waals surface area contributed by atoms with Crippen LogP contribution in [0.4, 0.5) is 0 Å². The number of hydrogen-bond donors (Lipinski definition) is 2. The monoisotopic (exact) mass is 332 g/mol. The van der Waals surface area contributed by atoms with Crippen LogP contribution in [0, 0.1) is 6.92 Å². The van der Waals surface area contributed by atoms with Crippen LogP contribution in [0.25, 0.3) is 0 Å². The first-order valence-corrected chi connectivity index (χ1v) is 7.75. The molecule has 25 heavy (non-hydrogen) atoms. The number of carbonyl (C=O) groups is 2. The fourth-order valence-electron chi connectivity index (χ4n) is 2.63. The summed E-state index contributed by atoms with van der Waals surface area (Å²) in [6, 6.07) is 18.2. The number of carbonyl (C=O) groups excluding carboxylic acids is 2. The van der Waals surface area contributed by atoms with Crippen molar-refractivity contribution in [2.24, 2.45) is 0 Å². The number of rotatable bonds is 4. The third-order valence-corrected chi connectivity index (χ3v) is 4.07. The van der Waals surface area contributed by atoms with Gasteiger partial charge >= 0.3 is 0 Å². The highest BCUT2D eigenvalue weighted by Crippen LogP contribution is 2.35. The molecule has 0 saturated heterocycles. The molecule has 4 nitrogen and oxygen atoms in total. The Labute approximate surface area is 145 Å². The molecule has 0 saturated carbocycles. The molecule has 0 aliphatic carbocycles. The van der Waals surface area contributed by atoms with E-state index in [1.165, 1.54) is 13.0 Å². The second kappa shape index (κ2) is 6.61. The molecule has 0 atom stereocenters. The van der Waals surface area contributed by atoms with E-state index in [1.54, 1.807) is 60.7 Å². The minimum Gasteiger partial charge on any atom is -0.507 e. The smallest absolute Gasteiger partial charge is 0.196 e. The number of aromatic hydroxyl groups is 2. The Hall–Kier alpha value is -3.40. The summed E-state index contributed by atoms with van der Waals surface area (Å²) >= 11 is 0. The van der Waals surface area contributed by atoms with E-state index in [2.05, 4.69) is 0 Å². The fourth-order valence-corrected chi connectivity index (χ4v) is 2.63. The highest BCUT2D eigenvalue weighted by Gasteiger charge is 2.23. The van der Waals surface area contributed by atoms with Gasteiger partial charge in [0.05, 0.1) is 11.1 Å². The molecule has 0 bridgehead atoms. The minimum absolute atomic E-state index is 0.0132. The van der Waals surface area contributed by atoms with Crippen molar-refractivity contribution in [3.63, 3.8) is 0 Å². The average Bonchev–Trinajstić information content (AvgIpc) is 2.67. The Morgan fingerprint density at radius 1 is 0.680 bits per heavy atom. The molecule has 0 spiro atoms. The fraction of sp³-hybridized carbons (Fsp3) is 0.0476. The Balaban J connectivity index is 2.14. The largest absolute Gasteiger partial charge is 0.507 e. The number of benzene rings is 3. The van der Waals surface area contributed by atoms with Crippen molar-refractivity contribution in [3.05, 3.63) is 94.5 Å². The van der Waals surface area contributed by atoms with E-state index in [1.807, 2.05) is 0 Å². The van der Waals surface area contributed by atoms with Crippen LogP contribution in [0.1, 0.15) is 37.4 Å². The Morgan fingerprint density at radius 3 is 1.40 bits per heavy atom.